The number of carboxylic acid groups (broad SMARTS) is 1. The van der Waals surface area contributed by atoms with Crippen molar-refractivity contribution in [1.82, 2.24) is 10.2 Å². The number of imide groups is 1. The van der Waals surface area contributed by atoms with Crippen LogP contribution in [0.1, 0.15) is 12.8 Å². The van der Waals surface area contributed by atoms with Crippen LogP contribution in [0.2, 0.25) is 0 Å². The number of carbonyl (C=O) groups excluding carboxylic acids is 3. The Morgan fingerprint density at radius 2 is 1.77 bits per heavy atom. The summed E-state index contributed by atoms with van der Waals surface area (Å²) in [5.74, 6) is -3.16. The molecule has 1 rings (SSSR count). The number of aliphatic hydroxyl groups excluding tert-OH is 3. The van der Waals surface area contributed by atoms with Crippen molar-refractivity contribution in [2.24, 2.45) is 11.5 Å². The lowest BCUT2D eigenvalue weighted by Gasteiger charge is -2.28. The van der Waals surface area contributed by atoms with Crippen LogP contribution in [0.3, 0.4) is 0 Å². The van der Waals surface area contributed by atoms with Crippen molar-refractivity contribution in [2.75, 3.05) is 13.2 Å². The third kappa shape index (κ3) is 5.60. The van der Waals surface area contributed by atoms with Crippen molar-refractivity contribution in [2.45, 2.75) is 43.4 Å². The number of aliphatic carboxylic acids is 1. The molecule has 0 unspecified atom stereocenters. The molecule has 0 aromatic heterocycles. The first-order valence-electron chi connectivity index (χ1n) is 7.58. The van der Waals surface area contributed by atoms with Gasteiger partial charge in [0, 0.05) is 13.0 Å². The first-order chi connectivity index (χ1) is 12.1. The number of urea groups is 1. The van der Waals surface area contributed by atoms with Crippen molar-refractivity contribution in [3.8, 4) is 0 Å². The molecule has 1 aliphatic heterocycles. The van der Waals surface area contributed by atoms with Gasteiger partial charge in [-0.05, 0) is 0 Å². The number of carbonyl (C=O) groups is 4. The van der Waals surface area contributed by atoms with Gasteiger partial charge in [0.2, 0.25) is 11.8 Å². The summed E-state index contributed by atoms with van der Waals surface area (Å²) in [6.45, 7) is -0.980. The van der Waals surface area contributed by atoms with Gasteiger partial charge < -0.3 is 36.6 Å². The fraction of sp³-hybridized carbons (Fsp3) is 0.692. The minimum absolute atomic E-state index is 0.369. The third-order valence-electron chi connectivity index (χ3n) is 3.69. The van der Waals surface area contributed by atoms with Crippen LogP contribution in [0.15, 0.2) is 0 Å². The van der Waals surface area contributed by atoms with E-state index in [9.17, 15) is 29.4 Å². The largest absolute Gasteiger partial charge is 0.480 e. The van der Waals surface area contributed by atoms with Crippen molar-refractivity contribution in [1.29, 1.82) is 0 Å². The van der Waals surface area contributed by atoms with E-state index in [4.69, 9.17) is 26.4 Å². The Bertz CT molecular complexity index is 558. The monoisotopic (exact) mass is 378 g/mol. The third-order valence-corrected chi connectivity index (χ3v) is 3.69. The SMILES string of the molecule is NC(=O)N(CCC(=O)NC(=O)C[C@H](N)C(=O)O)[C@@H]1O[C@H](CO)[C@@H](O)[C@@H]1O. The van der Waals surface area contributed by atoms with E-state index in [0.29, 0.717) is 0 Å². The molecule has 0 spiro atoms. The lowest BCUT2D eigenvalue weighted by atomic mass is 10.1. The van der Waals surface area contributed by atoms with Gasteiger partial charge in [0.05, 0.1) is 13.0 Å². The number of amides is 4. The van der Waals surface area contributed by atoms with Gasteiger partial charge in [-0.15, -0.1) is 0 Å². The topological polar surface area (TPSA) is 226 Å². The van der Waals surface area contributed by atoms with Gasteiger partial charge >= 0.3 is 12.0 Å². The van der Waals surface area contributed by atoms with Gasteiger partial charge in [0.15, 0.2) is 6.23 Å². The molecule has 0 bridgehead atoms. The number of nitrogens with zero attached hydrogens (tertiary/aromatic N) is 1. The van der Waals surface area contributed by atoms with E-state index in [2.05, 4.69) is 0 Å². The number of ether oxygens (including phenoxy) is 1. The Kier molecular flexibility index (Phi) is 7.85. The molecule has 0 radical (unpaired) electrons. The molecule has 148 valence electrons. The van der Waals surface area contributed by atoms with Crippen LogP contribution in [-0.2, 0) is 19.1 Å². The fourth-order valence-corrected chi connectivity index (χ4v) is 2.28. The maximum absolute atomic E-state index is 11.7. The summed E-state index contributed by atoms with van der Waals surface area (Å²) in [4.78, 5) is 46.0. The van der Waals surface area contributed by atoms with Gasteiger partial charge in [-0.1, -0.05) is 0 Å². The number of hydrogen-bond acceptors (Lipinski definition) is 9. The van der Waals surface area contributed by atoms with Crippen LogP contribution >= 0.6 is 0 Å². The van der Waals surface area contributed by atoms with Gasteiger partial charge in [-0.25, -0.2) is 4.79 Å². The highest BCUT2D eigenvalue weighted by atomic mass is 16.6. The average molecular weight is 378 g/mol. The van der Waals surface area contributed by atoms with Crippen molar-refractivity contribution in [3.05, 3.63) is 0 Å². The van der Waals surface area contributed by atoms with Gasteiger partial charge in [0.25, 0.3) is 0 Å². The first-order valence-corrected chi connectivity index (χ1v) is 7.58. The standard InChI is InChI=1S/C13H22N4O9/c14-5(12(23)24)3-8(20)16-7(19)1-2-17(13(15)25)11-10(22)9(21)6(4-18)26-11/h5-6,9-11,18,21-22H,1-4,14H2,(H2,15,25)(H,23,24)(H,16,19,20)/t5-,6+,9+,10-,11+/m0/s1. The van der Waals surface area contributed by atoms with E-state index < -0.39 is 73.8 Å². The molecule has 0 saturated carbocycles. The highest BCUT2D eigenvalue weighted by Crippen LogP contribution is 2.24. The Morgan fingerprint density at radius 3 is 2.23 bits per heavy atom. The minimum Gasteiger partial charge on any atom is -0.480 e. The molecule has 1 saturated heterocycles. The quantitative estimate of drug-likeness (QED) is 0.215. The number of nitrogens with two attached hydrogens (primary N) is 2. The molecule has 13 nitrogen and oxygen atoms in total. The molecular weight excluding hydrogens is 356 g/mol. The number of aliphatic hydroxyl groups is 3. The number of hydrogen-bond donors (Lipinski definition) is 7. The summed E-state index contributed by atoms with van der Waals surface area (Å²) in [6.07, 6.45) is -6.58. The predicted molar refractivity (Wildman–Crippen MR) is 82.0 cm³/mol. The second-order valence-electron chi connectivity index (χ2n) is 5.63. The maximum Gasteiger partial charge on any atom is 0.321 e. The van der Waals surface area contributed by atoms with E-state index >= 15 is 0 Å². The van der Waals surface area contributed by atoms with E-state index in [0.717, 1.165) is 4.90 Å². The minimum atomic E-state index is -1.56. The summed E-state index contributed by atoms with van der Waals surface area (Å²) < 4.78 is 5.15. The van der Waals surface area contributed by atoms with Crippen molar-refractivity contribution < 1.29 is 44.3 Å². The lowest BCUT2D eigenvalue weighted by Crippen LogP contribution is -2.50. The first kappa shape index (κ1) is 21.7. The molecule has 4 amide bonds. The van der Waals surface area contributed by atoms with Crippen LogP contribution in [0.4, 0.5) is 4.79 Å². The van der Waals surface area contributed by atoms with E-state index in [-0.39, 0.29) is 6.54 Å². The zero-order valence-electron chi connectivity index (χ0n) is 13.6. The molecule has 1 fully saturated rings. The number of primary amides is 1. The molecule has 13 heteroatoms. The van der Waals surface area contributed by atoms with Crippen LogP contribution in [0.5, 0.6) is 0 Å². The molecule has 9 N–H and O–H groups in total. The predicted octanol–water partition coefficient (Wildman–Crippen LogP) is -4.36. The van der Waals surface area contributed by atoms with Gasteiger partial charge in [0.1, 0.15) is 24.4 Å². The normalized spacial score (nSPS) is 26.2. The second-order valence-corrected chi connectivity index (χ2v) is 5.63. The summed E-state index contributed by atoms with van der Waals surface area (Å²) in [7, 11) is 0. The molecule has 5 atom stereocenters. The molecule has 0 aromatic carbocycles. The zero-order valence-corrected chi connectivity index (χ0v) is 13.6. The van der Waals surface area contributed by atoms with Crippen LogP contribution < -0.4 is 16.8 Å². The Labute approximate surface area is 147 Å². The summed E-state index contributed by atoms with van der Waals surface area (Å²) in [5.41, 5.74) is 10.3. The van der Waals surface area contributed by atoms with Crippen molar-refractivity contribution >= 4 is 23.8 Å². The van der Waals surface area contributed by atoms with E-state index in [1.54, 1.807) is 0 Å². The van der Waals surface area contributed by atoms with E-state index in [1.807, 2.05) is 5.32 Å². The summed E-state index contributed by atoms with van der Waals surface area (Å²) in [5, 5.41) is 39.1. The second kappa shape index (κ2) is 9.40. The summed E-state index contributed by atoms with van der Waals surface area (Å²) >= 11 is 0. The Hall–Kier alpha value is -2.32. The molecular formula is C13H22N4O9. The zero-order chi connectivity index (χ0) is 20.0. The Morgan fingerprint density at radius 1 is 1.15 bits per heavy atom. The van der Waals surface area contributed by atoms with Gasteiger partial charge in [-0.2, -0.15) is 0 Å². The smallest absolute Gasteiger partial charge is 0.321 e. The van der Waals surface area contributed by atoms with E-state index in [1.165, 1.54) is 0 Å². The lowest BCUT2D eigenvalue weighted by molar-refractivity contribution is -0.141. The number of nitrogens with one attached hydrogen (secondary N) is 1. The van der Waals surface area contributed by atoms with Crippen molar-refractivity contribution in [3.63, 3.8) is 0 Å². The molecule has 1 aliphatic rings. The average Bonchev–Trinajstić information content (AvgIpc) is 2.82. The number of carboxylic acids is 1. The summed E-state index contributed by atoms with van der Waals surface area (Å²) in [6, 6.07) is -2.53. The molecule has 26 heavy (non-hydrogen) atoms. The Balaban J connectivity index is 2.59. The van der Waals surface area contributed by atoms with Crippen LogP contribution in [0.25, 0.3) is 0 Å². The highest BCUT2D eigenvalue weighted by molar-refractivity contribution is 5.97. The molecule has 0 aliphatic carbocycles. The number of rotatable bonds is 8. The van der Waals surface area contributed by atoms with Gasteiger partial charge in [-0.3, -0.25) is 24.6 Å². The highest BCUT2D eigenvalue weighted by Gasteiger charge is 2.46. The molecule has 0 aromatic rings. The van der Waals surface area contributed by atoms with Crippen LogP contribution in [-0.4, -0.2) is 92.9 Å². The maximum atomic E-state index is 11.7. The van der Waals surface area contributed by atoms with Crippen LogP contribution in [0, 0.1) is 0 Å². The fourth-order valence-electron chi connectivity index (χ4n) is 2.28. The molecule has 1 heterocycles.